The number of aromatic hydroxyl groups is 1. The van der Waals surface area contributed by atoms with E-state index in [1.165, 1.54) is 18.2 Å². The van der Waals surface area contributed by atoms with Gasteiger partial charge in [-0.05, 0) is 30.4 Å². The molecule has 3 rings (SSSR count). The van der Waals surface area contributed by atoms with Gasteiger partial charge in [-0.3, -0.25) is 14.9 Å². The fraction of sp³-hybridized carbons (Fsp3) is 0. The monoisotopic (exact) mass is 369 g/mol. The molecule has 0 radical (unpaired) electrons. The molecule has 0 spiro atoms. The Kier molecular flexibility index (Phi) is 4.54. The van der Waals surface area contributed by atoms with E-state index >= 15 is 0 Å². The number of rotatable bonds is 5. The molecule has 0 aliphatic carbocycles. The number of carboxylic acid groups (broad SMARTS) is 1. The highest BCUT2D eigenvalue weighted by molar-refractivity contribution is 5.95. The van der Waals surface area contributed by atoms with E-state index in [4.69, 9.17) is 4.42 Å². The van der Waals surface area contributed by atoms with Gasteiger partial charge < -0.3 is 19.6 Å². The van der Waals surface area contributed by atoms with Gasteiger partial charge in [0, 0.05) is 5.56 Å². The van der Waals surface area contributed by atoms with Crippen molar-refractivity contribution in [3.05, 3.63) is 74.0 Å². The minimum atomic E-state index is -1.10. The Labute approximate surface area is 150 Å². The second-order valence-corrected chi connectivity index (χ2v) is 5.27. The number of hydrogen-bond acceptors (Lipinski definition) is 7. The van der Waals surface area contributed by atoms with Crippen LogP contribution < -0.4 is 5.56 Å². The van der Waals surface area contributed by atoms with Crippen LogP contribution in [0.25, 0.3) is 23.5 Å². The van der Waals surface area contributed by atoms with Crippen molar-refractivity contribution in [2.75, 3.05) is 0 Å². The van der Waals surface area contributed by atoms with Crippen molar-refractivity contribution >= 4 is 23.8 Å². The molecule has 10 heteroatoms. The van der Waals surface area contributed by atoms with Crippen molar-refractivity contribution in [3.8, 4) is 17.2 Å². The van der Waals surface area contributed by atoms with E-state index in [0.717, 1.165) is 0 Å². The Bertz CT molecular complexity index is 1130. The zero-order chi connectivity index (χ0) is 19.6. The smallest absolute Gasteiger partial charge is 0.395 e. The SMILES string of the molecule is O=C(O)c1ccccc1-c1ccc(/C=C/c2nc(O)c([N+](=O)[O-])c(=O)[nH]2)o1. The van der Waals surface area contributed by atoms with E-state index in [9.17, 15) is 29.9 Å². The van der Waals surface area contributed by atoms with Crippen molar-refractivity contribution in [2.45, 2.75) is 0 Å². The highest BCUT2D eigenvalue weighted by atomic mass is 16.6. The lowest BCUT2D eigenvalue weighted by molar-refractivity contribution is -0.387. The predicted molar refractivity (Wildman–Crippen MR) is 93.2 cm³/mol. The molecule has 136 valence electrons. The molecule has 0 saturated heterocycles. The number of benzene rings is 1. The third-order valence-corrected chi connectivity index (χ3v) is 3.53. The fourth-order valence-corrected chi connectivity index (χ4v) is 2.35. The first-order valence-corrected chi connectivity index (χ1v) is 7.45. The van der Waals surface area contributed by atoms with Crippen LogP contribution in [0.5, 0.6) is 5.88 Å². The first kappa shape index (κ1) is 17.6. The molecule has 2 aromatic heterocycles. The summed E-state index contributed by atoms with van der Waals surface area (Å²) in [4.78, 5) is 38.2. The molecule has 10 nitrogen and oxygen atoms in total. The van der Waals surface area contributed by atoms with Crippen molar-refractivity contribution < 1.29 is 24.3 Å². The molecule has 2 heterocycles. The second kappa shape index (κ2) is 6.96. The molecule has 0 unspecified atom stereocenters. The van der Waals surface area contributed by atoms with E-state index in [-0.39, 0.29) is 11.4 Å². The molecule has 0 aliphatic rings. The lowest BCUT2D eigenvalue weighted by Crippen LogP contribution is -2.14. The first-order chi connectivity index (χ1) is 12.9. The number of furan rings is 1. The van der Waals surface area contributed by atoms with Crippen LogP contribution in [0.4, 0.5) is 5.69 Å². The van der Waals surface area contributed by atoms with E-state index in [1.807, 2.05) is 0 Å². The summed E-state index contributed by atoms with van der Waals surface area (Å²) in [5, 5.41) is 29.4. The minimum Gasteiger partial charge on any atom is -0.488 e. The van der Waals surface area contributed by atoms with Crippen LogP contribution in [0.3, 0.4) is 0 Å². The summed E-state index contributed by atoms with van der Waals surface area (Å²) in [7, 11) is 0. The van der Waals surface area contributed by atoms with Gasteiger partial charge in [0.25, 0.3) is 5.88 Å². The molecule has 0 bridgehead atoms. The number of aromatic amines is 1. The fourth-order valence-electron chi connectivity index (χ4n) is 2.35. The molecular weight excluding hydrogens is 358 g/mol. The van der Waals surface area contributed by atoms with Gasteiger partial charge in [-0.15, -0.1) is 0 Å². The van der Waals surface area contributed by atoms with Crippen LogP contribution >= 0.6 is 0 Å². The summed E-state index contributed by atoms with van der Waals surface area (Å²) < 4.78 is 5.56. The van der Waals surface area contributed by atoms with Crippen LogP contribution in [0.2, 0.25) is 0 Å². The van der Waals surface area contributed by atoms with Gasteiger partial charge in [0.15, 0.2) is 0 Å². The van der Waals surface area contributed by atoms with Crippen molar-refractivity contribution in [1.29, 1.82) is 0 Å². The van der Waals surface area contributed by atoms with Gasteiger partial charge in [0.05, 0.1) is 10.5 Å². The Morgan fingerprint density at radius 2 is 1.96 bits per heavy atom. The predicted octanol–water partition coefficient (Wildman–Crippen LogP) is 2.51. The summed E-state index contributed by atoms with van der Waals surface area (Å²) in [5.74, 6) is -1.58. The number of H-pyrrole nitrogens is 1. The van der Waals surface area contributed by atoms with Crippen LogP contribution in [0.1, 0.15) is 21.9 Å². The summed E-state index contributed by atoms with van der Waals surface area (Å²) >= 11 is 0. The van der Waals surface area contributed by atoms with Crippen molar-refractivity contribution in [3.63, 3.8) is 0 Å². The standard InChI is InChI=1S/C17H11N3O7/c21-15-14(20(25)26)16(22)19-13(18-15)8-6-9-5-7-12(27-9)10-3-1-2-4-11(10)17(23)24/h1-8H,(H,23,24)(H2,18,19,21,22)/b8-6+. The third-order valence-electron chi connectivity index (χ3n) is 3.53. The van der Waals surface area contributed by atoms with Gasteiger partial charge in [0.2, 0.25) is 0 Å². The Morgan fingerprint density at radius 1 is 1.22 bits per heavy atom. The van der Waals surface area contributed by atoms with Gasteiger partial charge in [-0.1, -0.05) is 18.2 Å². The van der Waals surface area contributed by atoms with E-state index in [2.05, 4.69) is 9.97 Å². The molecule has 0 amide bonds. The van der Waals surface area contributed by atoms with Crippen LogP contribution in [0, 0.1) is 10.1 Å². The summed E-state index contributed by atoms with van der Waals surface area (Å²) in [6.07, 6.45) is 2.67. The van der Waals surface area contributed by atoms with Crippen molar-refractivity contribution in [2.24, 2.45) is 0 Å². The van der Waals surface area contributed by atoms with Crippen molar-refractivity contribution in [1.82, 2.24) is 9.97 Å². The van der Waals surface area contributed by atoms with Crippen LogP contribution in [0.15, 0.2) is 45.6 Å². The maximum absolute atomic E-state index is 11.6. The highest BCUT2D eigenvalue weighted by Gasteiger charge is 2.21. The normalized spacial score (nSPS) is 11.0. The minimum absolute atomic E-state index is 0.0775. The number of nitro groups is 1. The maximum Gasteiger partial charge on any atom is 0.395 e. The number of carboxylic acids is 1. The topological polar surface area (TPSA) is 160 Å². The van der Waals surface area contributed by atoms with E-state index in [1.54, 1.807) is 30.3 Å². The number of nitrogens with one attached hydrogen (secondary N) is 1. The second-order valence-electron chi connectivity index (χ2n) is 5.27. The van der Waals surface area contributed by atoms with Gasteiger partial charge >= 0.3 is 17.2 Å². The molecule has 3 N–H and O–H groups in total. The number of hydrogen-bond donors (Lipinski definition) is 3. The maximum atomic E-state index is 11.6. The third kappa shape index (κ3) is 3.58. The van der Waals surface area contributed by atoms with Crippen LogP contribution in [-0.4, -0.2) is 31.1 Å². The molecule has 0 atom stereocenters. The van der Waals surface area contributed by atoms with Gasteiger partial charge in [-0.25, -0.2) is 4.79 Å². The van der Waals surface area contributed by atoms with Gasteiger partial charge in [0.1, 0.15) is 17.3 Å². The molecular formula is C17H11N3O7. The number of nitrogens with zero attached hydrogens (tertiary/aromatic N) is 2. The van der Waals surface area contributed by atoms with Gasteiger partial charge in [-0.2, -0.15) is 4.98 Å². The first-order valence-electron chi connectivity index (χ1n) is 7.45. The molecule has 0 aliphatic heterocycles. The summed E-state index contributed by atoms with van der Waals surface area (Å²) in [6.45, 7) is 0. The zero-order valence-electron chi connectivity index (χ0n) is 13.4. The largest absolute Gasteiger partial charge is 0.488 e. The molecule has 0 fully saturated rings. The summed E-state index contributed by atoms with van der Waals surface area (Å²) in [5.41, 5.74) is -1.67. The molecule has 0 saturated carbocycles. The quantitative estimate of drug-likeness (QED) is 0.457. The highest BCUT2D eigenvalue weighted by Crippen LogP contribution is 2.26. The van der Waals surface area contributed by atoms with E-state index in [0.29, 0.717) is 17.1 Å². The average molecular weight is 369 g/mol. The lowest BCUT2D eigenvalue weighted by Gasteiger charge is -2.01. The lowest BCUT2D eigenvalue weighted by atomic mass is 10.1. The zero-order valence-corrected chi connectivity index (χ0v) is 13.4. The molecule has 1 aromatic carbocycles. The average Bonchev–Trinajstić information content (AvgIpc) is 3.08. The molecule has 27 heavy (non-hydrogen) atoms. The Hall–Kier alpha value is -4.21. The Morgan fingerprint density at radius 3 is 2.63 bits per heavy atom. The summed E-state index contributed by atoms with van der Waals surface area (Å²) in [6, 6.07) is 9.46. The van der Waals surface area contributed by atoms with E-state index < -0.39 is 28.0 Å². The van der Waals surface area contributed by atoms with Crippen LogP contribution in [-0.2, 0) is 0 Å². The Balaban J connectivity index is 1.90. The number of aromatic carboxylic acids is 1. The number of aromatic nitrogens is 2. The number of carbonyl (C=O) groups is 1. The molecule has 3 aromatic rings.